The zero-order valence-electron chi connectivity index (χ0n) is 25.6. The normalized spacial score (nSPS) is 12.2. The molecule has 0 fully saturated rings. The molecule has 5 aromatic heterocycles. The molecule has 0 aliphatic heterocycles. The second-order valence-electron chi connectivity index (χ2n) is 12.2. The molecule has 0 bridgehead atoms. The van der Waals surface area contributed by atoms with Crippen LogP contribution in [-0.4, -0.2) is 24.3 Å². The first-order chi connectivity index (χ1) is 24.2. The Hall–Kier alpha value is -6.93. The quantitative estimate of drug-likeness (QED) is 0.179. The molecule has 5 heterocycles. The van der Waals surface area contributed by atoms with Crippen molar-refractivity contribution in [1.29, 1.82) is 0 Å². The molecule has 6 aromatic carbocycles. The van der Waals surface area contributed by atoms with Crippen molar-refractivity contribution >= 4 is 71.1 Å². The molecule has 0 radical (unpaired) electrons. The summed E-state index contributed by atoms with van der Waals surface area (Å²) in [5.74, 6) is 1.48. The summed E-state index contributed by atoms with van der Waals surface area (Å²) in [7, 11) is 0. The minimum atomic E-state index is -0.178. The maximum Gasteiger partial charge on any atom is 0.264 e. The number of hydrogen-bond donors (Lipinski definition) is 0. The first kappa shape index (κ1) is 26.2. The minimum Gasteiger partial charge on any atom is -0.456 e. The Kier molecular flexibility index (Phi) is 5.10. The lowest BCUT2D eigenvalue weighted by atomic mass is 10.1. The van der Waals surface area contributed by atoms with Crippen LogP contribution in [0.15, 0.2) is 141 Å². The third-order valence-electron chi connectivity index (χ3n) is 9.44. The second kappa shape index (κ2) is 9.56. The molecule has 11 rings (SSSR count). The van der Waals surface area contributed by atoms with Gasteiger partial charge in [-0.2, -0.15) is 0 Å². The molecule has 0 saturated heterocycles. The average Bonchev–Trinajstić information content (AvgIpc) is 3.85. The Bertz CT molecular complexity index is 3080. The Morgan fingerprint density at radius 3 is 1.57 bits per heavy atom. The number of nitrogens with zero attached hydrogens (tertiary/aromatic N) is 5. The number of para-hydroxylation sites is 3. The van der Waals surface area contributed by atoms with Crippen LogP contribution in [-0.2, 0) is 0 Å². The topological polar surface area (TPSA) is 99.3 Å². The second-order valence-corrected chi connectivity index (χ2v) is 12.2. The largest absolute Gasteiger partial charge is 0.456 e. The Morgan fingerprint density at radius 1 is 0.429 bits per heavy atom. The minimum absolute atomic E-state index is 0.178. The van der Waals surface area contributed by atoms with Crippen molar-refractivity contribution in [2.75, 3.05) is 0 Å². The summed E-state index contributed by atoms with van der Waals surface area (Å²) < 4.78 is 14.1. The van der Waals surface area contributed by atoms with Crippen molar-refractivity contribution in [3.8, 4) is 34.4 Å². The average molecular weight is 632 g/mol. The first-order valence-corrected chi connectivity index (χ1v) is 15.9. The molecule has 228 valence electrons. The fourth-order valence-corrected chi connectivity index (χ4v) is 7.18. The Labute approximate surface area is 275 Å². The van der Waals surface area contributed by atoms with Gasteiger partial charge in [0.15, 0.2) is 17.5 Å². The van der Waals surface area contributed by atoms with Gasteiger partial charge in [-0.15, -0.1) is 0 Å². The van der Waals surface area contributed by atoms with E-state index in [9.17, 15) is 4.79 Å². The first-order valence-electron chi connectivity index (χ1n) is 15.9. The summed E-state index contributed by atoms with van der Waals surface area (Å²) in [5, 5.41) is 6.51. The van der Waals surface area contributed by atoms with E-state index in [1.807, 2.05) is 127 Å². The molecule has 11 aromatic rings. The van der Waals surface area contributed by atoms with E-state index in [-0.39, 0.29) is 11.4 Å². The molecule has 0 N–H and O–H groups in total. The van der Waals surface area contributed by atoms with Gasteiger partial charge in [0, 0.05) is 43.4 Å². The number of hydrogen-bond acceptors (Lipinski definition) is 7. The number of furan rings is 2. The van der Waals surface area contributed by atoms with Crippen molar-refractivity contribution in [1.82, 2.24) is 24.3 Å². The van der Waals surface area contributed by atoms with Gasteiger partial charge in [0.05, 0.1) is 11.0 Å². The van der Waals surface area contributed by atoms with Crippen LogP contribution in [0.5, 0.6) is 0 Å². The molecule has 49 heavy (non-hydrogen) atoms. The van der Waals surface area contributed by atoms with Gasteiger partial charge in [-0.05, 0) is 53.9 Å². The highest BCUT2D eigenvalue weighted by Crippen LogP contribution is 2.35. The number of benzene rings is 6. The highest BCUT2D eigenvalue weighted by molar-refractivity contribution is 6.11. The van der Waals surface area contributed by atoms with Gasteiger partial charge in [0.2, 0.25) is 5.82 Å². The summed E-state index contributed by atoms with van der Waals surface area (Å²) in [6.45, 7) is 0. The van der Waals surface area contributed by atoms with E-state index in [2.05, 4.69) is 0 Å². The maximum absolute atomic E-state index is 14.1. The molecular weight excluding hydrogens is 610 g/mol. The summed E-state index contributed by atoms with van der Waals surface area (Å²) in [6, 6.07) is 41.4. The van der Waals surface area contributed by atoms with Crippen molar-refractivity contribution in [2.24, 2.45) is 0 Å². The molecule has 8 heteroatoms. The number of pyridine rings is 1. The maximum atomic E-state index is 14.1. The lowest BCUT2D eigenvalue weighted by molar-refractivity contribution is 0.668. The van der Waals surface area contributed by atoms with E-state index in [4.69, 9.17) is 28.8 Å². The molecule has 0 amide bonds. The van der Waals surface area contributed by atoms with E-state index in [1.54, 1.807) is 4.40 Å². The van der Waals surface area contributed by atoms with Crippen molar-refractivity contribution in [3.63, 3.8) is 0 Å². The third kappa shape index (κ3) is 3.71. The molecule has 0 unspecified atom stereocenters. The van der Waals surface area contributed by atoms with Gasteiger partial charge in [-0.25, -0.2) is 19.9 Å². The SMILES string of the molecule is O=c1c2ccccc2c2cccc3nc(-c4nc(-c5ccc6c(c5)oc5ccccc56)nc(-c5ccc6c(c5)oc5ccccc56)n4)n1c32. The summed E-state index contributed by atoms with van der Waals surface area (Å²) in [6.07, 6.45) is 0. The van der Waals surface area contributed by atoms with Gasteiger partial charge in [-0.1, -0.05) is 78.9 Å². The predicted molar refractivity (Wildman–Crippen MR) is 192 cm³/mol. The van der Waals surface area contributed by atoms with Crippen molar-refractivity contribution in [3.05, 3.63) is 138 Å². The van der Waals surface area contributed by atoms with Crippen LogP contribution in [0.25, 0.3) is 105 Å². The fraction of sp³-hybridized carbons (Fsp3) is 0. The molecule has 0 atom stereocenters. The highest BCUT2D eigenvalue weighted by atomic mass is 16.3. The lowest BCUT2D eigenvalue weighted by Crippen LogP contribution is -2.15. The number of imidazole rings is 1. The van der Waals surface area contributed by atoms with Gasteiger partial charge >= 0.3 is 0 Å². The number of aromatic nitrogens is 5. The monoisotopic (exact) mass is 631 g/mol. The Balaban J connectivity index is 1.19. The van der Waals surface area contributed by atoms with Gasteiger partial charge in [0.1, 0.15) is 22.3 Å². The zero-order valence-corrected chi connectivity index (χ0v) is 25.6. The van der Waals surface area contributed by atoms with Crippen LogP contribution in [0.3, 0.4) is 0 Å². The summed E-state index contributed by atoms with van der Waals surface area (Å²) in [4.78, 5) is 34.1. The van der Waals surface area contributed by atoms with Crippen LogP contribution in [0.2, 0.25) is 0 Å². The van der Waals surface area contributed by atoms with E-state index in [1.165, 1.54) is 0 Å². The van der Waals surface area contributed by atoms with Crippen LogP contribution in [0, 0.1) is 0 Å². The van der Waals surface area contributed by atoms with E-state index >= 15 is 0 Å². The number of rotatable bonds is 3. The van der Waals surface area contributed by atoms with Crippen molar-refractivity contribution < 1.29 is 8.83 Å². The molecule has 0 saturated carbocycles. The van der Waals surface area contributed by atoms with Gasteiger partial charge in [0.25, 0.3) is 5.56 Å². The summed E-state index contributed by atoms with van der Waals surface area (Å²) in [5.41, 5.74) is 5.80. The van der Waals surface area contributed by atoms with E-state index < -0.39 is 0 Å². The predicted octanol–water partition coefficient (Wildman–Crippen LogP) is 9.42. The van der Waals surface area contributed by atoms with Crippen molar-refractivity contribution in [2.45, 2.75) is 0 Å². The van der Waals surface area contributed by atoms with Crippen LogP contribution in [0.1, 0.15) is 0 Å². The lowest BCUT2D eigenvalue weighted by Gasteiger charge is -2.09. The summed E-state index contributed by atoms with van der Waals surface area (Å²) >= 11 is 0. The molecule has 0 aliphatic carbocycles. The molecule has 0 spiro atoms. The van der Waals surface area contributed by atoms with Crippen LogP contribution in [0.4, 0.5) is 0 Å². The van der Waals surface area contributed by atoms with Crippen LogP contribution < -0.4 is 5.56 Å². The standard InChI is InChI=1S/C41H21N5O3/c47-41-30-11-2-1-8-24(30)29-12-7-13-31-36(29)46(41)40(42-31)39-44-37(22-16-18-27-25-9-3-5-14-32(25)48-34(27)20-22)43-38(45-39)23-17-19-28-26-10-4-6-15-33(26)49-35(28)21-23/h1-21H. The van der Waals surface area contributed by atoms with Gasteiger partial charge < -0.3 is 8.83 Å². The molecule has 0 aliphatic rings. The molecular formula is C41H21N5O3. The van der Waals surface area contributed by atoms with E-state index in [0.29, 0.717) is 28.4 Å². The van der Waals surface area contributed by atoms with Crippen LogP contribution >= 0.6 is 0 Å². The van der Waals surface area contributed by atoms with Gasteiger partial charge in [-0.3, -0.25) is 9.20 Å². The van der Waals surface area contributed by atoms with E-state index in [0.717, 1.165) is 71.3 Å². The zero-order chi connectivity index (χ0) is 32.2. The smallest absolute Gasteiger partial charge is 0.264 e. The highest BCUT2D eigenvalue weighted by Gasteiger charge is 2.22. The fourth-order valence-electron chi connectivity index (χ4n) is 7.18. The molecule has 8 nitrogen and oxygen atoms in total. The third-order valence-corrected chi connectivity index (χ3v) is 9.44. The Morgan fingerprint density at radius 2 is 0.939 bits per heavy atom. The number of fused-ring (bicyclic) bond motifs is 8.